The molecular formula is C12H13Cl2N3O4. The summed E-state index contributed by atoms with van der Waals surface area (Å²) in [5, 5.41) is 16.3. The number of carboxylic acid groups (broad SMARTS) is 1. The van der Waals surface area contributed by atoms with Crippen LogP contribution in [0.25, 0.3) is 0 Å². The highest BCUT2D eigenvalue weighted by molar-refractivity contribution is 6.40. The average Bonchev–Trinajstić information content (AvgIpc) is 2.38. The first-order valence-electron chi connectivity index (χ1n) is 5.83. The summed E-state index contributed by atoms with van der Waals surface area (Å²) in [7, 11) is 0. The lowest BCUT2D eigenvalue weighted by molar-refractivity contribution is -0.118. The Hall–Kier alpha value is -1.99. The molecule has 0 unspecified atom stereocenters. The van der Waals surface area contributed by atoms with Crippen molar-refractivity contribution in [1.82, 2.24) is 10.6 Å². The lowest BCUT2D eigenvalue weighted by Gasteiger charge is -2.11. The zero-order valence-corrected chi connectivity index (χ0v) is 12.5. The summed E-state index contributed by atoms with van der Waals surface area (Å²) in [5.74, 6) is -1.38. The second-order valence-electron chi connectivity index (χ2n) is 3.98. The first-order valence-corrected chi connectivity index (χ1v) is 6.58. The molecule has 0 saturated heterocycles. The van der Waals surface area contributed by atoms with Gasteiger partial charge in [0.15, 0.2) is 0 Å². The number of carboxylic acids is 1. The molecule has 0 heterocycles. The number of nitrogens with one attached hydrogen (secondary N) is 3. The fourth-order valence-electron chi connectivity index (χ4n) is 1.39. The van der Waals surface area contributed by atoms with E-state index in [9.17, 15) is 14.4 Å². The van der Waals surface area contributed by atoms with Gasteiger partial charge in [0, 0.05) is 20.0 Å². The van der Waals surface area contributed by atoms with Crippen LogP contribution in [0.3, 0.4) is 0 Å². The van der Waals surface area contributed by atoms with Crippen LogP contribution in [-0.4, -0.2) is 36.1 Å². The molecule has 7 nitrogen and oxygen atoms in total. The SMILES string of the molecule is CC(=O)NCCNC(=O)Nc1c(Cl)cc(C(=O)O)cc1Cl. The van der Waals surface area contributed by atoms with Gasteiger partial charge in [-0.2, -0.15) is 0 Å². The summed E-state index contributed by atoms with van der Waals surface area (Å²) in [6.07, 6.45) is 0. The summed E-state index contributed by atoms with van der Waals surface area (Å²) in [4.78, 5) is 33.1. The fourth-order valence-corrected chi connectivity index (χ4v) is 1.97. The van der Waals surface area contributed by atoms with Gasteiger partial charge >= 0.3 is 12.0 Å². The van der Waals surface area contributed by atoms with Crippen LogP contribution in [0.5, 0.6) is 0 Å². The van der Waals surface area contributed by atoms with E-state index in [1.54, 1.807) is 0 Å². The van der Waals surface area contributed by atoms with Crippen LogP contribution in [-0.2, 0) is 4.79 Å². The van der Waals surface area contributed by atoms with E-state index in [1.165, 1.54) is 19.1 Å². The van der Waals surface area contributed by atoms with E-state index in [4.69, 9.17) is 28.3 Å². The Labute approximate surface area is 130 Å². The number of rotatable bonds is 5. The molecule has 1 aromatic rings. The number of amides is 3. The van der Waals surface area contributed by atoms with Crippen molar-refractivity contribution in [2.75, 3.05) is 18.4 Å². The first-order chi connectivity index (χ1) is 9.81. The summed E-state index contributed by atoms with van der Waals surface area (Å²) in [5.41, 5.74) is 0.0296. The lowest BCUT2D eigenvalue weighted by Crippen LogP contribution is -2.36. The second kappa shape index (κ2) is 7.70. The number of anilines is 1. The van der Waals surface area contributed by atoms with Crippen LogP contribution in [0.1, 0.15) is 17.3 Å². The lowest BCUT2D eigenvalue weighted by atomic mass is 10.2. The number of hydrogen-bond donors (Lipinski definition) is 4. The van der Waals surface area contributed by atoms with E-state index in [0.29, 0.717) is 0 Å². The number of halogens is 2. The highest BCUT2D eigenvalue weighted by Crippen LogP contribution is 2.31. The maximum absolute atomic E-state index is 11.6. The topological polar surface area (TPSA) is 108 Å². The zero-order chi connectivity index (χ0) is 16.0. The third-order valence-electron chi connectivity index (χ3n) is 2.31. The third kappa shape index (κ3) is 5.49. The molecule has 4 N–H and O–H groups in total. The van der Waals surface area contributed by atoms with Crippen molar-refractivity contribution in [3.63, 3.8) is 0 Å². The maximum atomic E-state index is 11.6. The monoisotopic (exact) mass is 333 g/mol. The third-order valence-corrected chi connectivity index (χ3v) is 2.91. The van der Waals surface area contributed by atoms with Crippen LogP contribution >= 0.6 is 23.2 Å². The summed E-state index contributed by atoms with van der Waals surface area (Å²) in [6.45, 7) is 1.86. The van der Waals surface area contributed by atoms with E-state index >= 15 is 0 Å². The highest BCUT2D eigenvalue weighted by Gasteiger charge is 2.14. The molecule has 1 aromatic carbocycles. The van der Waals surface area contributed by atoms with Crippen LogP contribution in [0.4, 0.5) is 10.5 Å². The van der Waals surface area contributed by atoms with Crippen LogP contribution in [0.15, 0.2) is 12.1 Å². The Balaban J connectivity index is 2.64. The average molecular weight is 334 g/mol. The van der Waals surface area contributed by atoms with Gasteiger partial charge in [0.1, 0.15) is 0 Å². The van der Waals surface area contributed by atoms with Crippen molar-refractivity contribution >= 4 is 46.8 Å². The summed E-state index contributed by atoms with van der Waals surface area (Å²) in [6, 6.07) is 1.79. The summed E-state index contributed by atoms with van der Waals surface area (Å²) >= 11 is 11.8. The molecule has 0 aliphatic rings. The Kier molecular flexibility index (Phi) is 6.26. The van der Waals surface area contributed by atoms with E-state index in [1.807, 2.05) is 0 Å². The highest BCUT2D eigenvalue weighted by atomic mass is 35.5. The molecule has 0 aliphatic heterocycles. The van der Waals surface area contributed by atoms with Gasteiger partial charge in [-0.1, -0.05) is 23.2 Å². The quantitative estimate of drug-likeness (QED) is 0.617. The van der Waals surface area contributed by atoms with E-state index < -0.39 is 12.0 Å². The molecule has 0 saturated carbocycles. The predicted molar refractivity (Wildman–Crippen MR) is 79.1 cm³/mol. The minimum Gasteiger partial charge on any atom is -0.478 e. The number of urea groups is 1. The molecule has 0 atom stereocenters. The van der Waals surface area contributed by atoms with Crippen molar-refractivity contribution in [3.8, 4) is 0 Å². The molecule has 114 valence electrons. The minimum absolute atomic E-state index is 0.0110. The Bertz CT molecular complexity index is 555. The largest absolute Gasteiger partial charge is 0.478 e. The number of aromatic carboxylic acids is 1. The molecule has 0 bridgehead atoms. The molecule has 21 heavy (non-hydrogen) atoms. The van der Waals surface area contributed by atoms with Crippen molar-refractivity contribution in [2.24, 2.45) is 0 Å². The first kappa shape index (κ1) is 17.1. The van der Waals surface area contributed by atoms with Crippen LogP contribution in [0, 0.1) is 0 Å². The van der Waals surface area contributed by atoms with Crippen molar-refractivity contribution in [2.45, 2.75) is 6.92 Å². The van der Waals surface area contributed by atoms with Crippen LogP contribution in [0.2, 0.25) is 10.0 Å². The van der Waals surface area contributed by atoms with Gasteiger partial charge in [0.2, 0.25) is 5.91 Å². The minimum atomic E-state index is -1.18. The van der Waals surface area contributed by atoms with Crippen molar-refractivity contribution < 1.29 is 19.5 Å². The Morgan fingerprint density at radius 2 is 1.62 bits per heavy atom. The van der Waals surface area contributed by atoms with Gasteiger partial charge in [0.25, 0.3) is 0 Å². The van der Waals surface area contributed by atoms with Crippen molar-refractivity contribution in [3.05, 3.63) is 27.7 Å². The zero-order valence-electron chi connectivity index (χ0n) is 11.0. The number of benzene rings is 1. The molecule has 3 amide bonds. The number of hydrogen-bond acceptors (Lipinski definition) is 3. The van der Waals surface area contributed by atoms with Gasteiger partial charge in [-0.25, -0.2) is 9.59 Å². The van der Waals surface area contributed by atoms with E-state index in [2.05, 4.69) is 16.0 Å². The standard InChI is InChI=1S/C12H13Cl2N3O4/c1-6(18)15-2-3-16-12(21)17-10-8(13)4-7(11(19)20)5-9(10)14/h4-5H,2-3H2,1H3,(H,15,18)(H,19,20)(H2,16,17,21). The van der Waals surface area contributed by atoms with Gasteiger partial charge in [-0.15, -0.1) is 0 Å². The van der Waals surface area contributed by atoms with Gasteiger partial charge in [0.05, 0.1) is 21.3 Å². The van der Waals surface area contributed by atoms with Gasteiger partial charge < -0.3 is 21.1 Å². The number of carbonyl (C=O) groups excluding carboxylic acids is 2. The summed E-state index contributed by atoms with van der Waals surface area (Å²) < 4.78 is 0. The molecule has 0 fully saturated rings. The van der Waals surface area contributed by atoms with Crippen LogP contribution < -0.4 is 16.0 Å². The smallest absolute Gasteiger partial charge is 0.335 e. The van der Waals surface area contributed by atoms with Crippen molar-refractivity contribution in [1.29, 1.82) is 0 Å². The molecule has 0 spiro atoms. The second-order valence-corrected chi connectivity index (χ2v) is 4.80. The molecular weight excluding hydrogens is 321 g/mol. The predicted octanol–water partition coefficient (Wildman–Crippen LogP) is 1.95. The molecule has 0 aliphatic carbocycles. The van der Waals surface area contributed by atoms with E-state index in [-0.39, 0.29) is 40.3 Å². The van der Waals surface area contributed by atoms with Gasteiger partial charge in [-0.3, -0.25) is 4.79 Å². The Morgan fingerprint density at radius 3 is 2.10 bits per heavy atom. The molecule has 9 heteroatoms. The Morgan fingerprint density at radius 1 is 1.10 bits per heavy atom. The molecule has 1 rings (SSSR count). The maximum Gasteiger partial charge on any atom is 0.335 e. The number of carbonyl (C=O) groups is 3. The normalized spacial score (nSPS) is 9.86. The van der Waals surface area contributed by atoms with Gasteiger partial charge in [-0.05, 0) is 12.1 Å². The molecule has 0 aromatic heterocycles. The molecule has 0 radical (unpaired) electrons. The van der Waals surface area contributed by atoms with E-state index in [0.717, 1.165) is 0 Å². The fraction of sp³-hybridized carbons (Fsp3) is 0.250.